The lowest BCUT2D eigenvalue weighted by Crippen LogP contribution is -2.06. The molecule has 0 atom stereocenters. The van der Waals surface area contributed by atoms with Gasteiger partial charge < -0.3 is 20.3 Å². The lowest BCUT2D eigenvalue weighted by molar-refractivity contribution is -0.131. The molecular weight excluding hydrogens is 312 g/mol. The maximum absolute atomic E-state index is 11.3. The molecule has 22 heavy (non-hydrogen) atoms. The van der Waals surface area contributed by atoms with E-state index in [1.807, 2.05) is 0 Å². The Morgan fingerprint density at radius 1 is 1.27 bits per heavy atom. The summed E-state index contributed by atoms with van der Waals surface area (Å²) in [6.07, 6.45) is 7.28. The van der Waals surface area contributed by atoms with Crippen LogP contribution in [0.4, 0.5) is 0 Å². The number of imidazole rings is 1. The predicted molar refractivity (Wildman–Crippen MR) is 82.3 cm³/mol. The van der Waals surface area contributed by atoms with Crippen LogP contribution in [0.25, 0.3) is 6.08 Å². The van der Waals surface area contributed by atoms with Crippen LogP contribution in [-0.2, 0) is 11.3 Å². The molecule has 0 aliphatic carbocycles. The fourth-order valence-corrected chi connectivity index (χ4v) is 1.78. The molecule has 2 rings (SSSR count). The van der Waals surface area contributed by atoms with Gasteiger partial charge in [0.15, 0.2) is 0 Å². The first-order valence-corrected chi connectivity index (χ1v) is 5.79. The zero-order chi connectivity index (χ0) is 14.5. The number of hydrogen-bond donors (Lipinski definition) is 2. The van der Waals surface area contributed by atoms with Gasteiger partial charge in [-0.05, 0) is 23.3 Å². The molecule has 0 amide bonds. The van der Waals surface area contributed by atoms with Gasteiger partial charge in [0.25, 0.3) is 0 Å². The van der Waals surface area contributed by atoms with Crippen LogP contribution in [0.1, 0.15) is 21.5 Å². The van der Waals surface area contributed by atoms with Crippen molar-refractivity contribution in [2.45, 2.75) is 6.54 Å². The number of aromatic nitrogens is 2. The Morgan fingerprint density at radius 3 is 2.55 bits per heavy atom. The molecule has 0 radical (unpaired) electrons. The highest BCUT2D eigenvalue weighted by molar-refractivity contribution is 5.91. The molecule has 0 aliphatic heterocycles. The van der Waals surface area contributed by atoms with Crippen molar-refractivity contribution in [1.82, 2.24) is 9.55 Å². The van der Waals surface area contributed by atoms with Crippen molar-refractivity contribution in [3.8, 4) is 0 Å². The van der Waals surface area contributed by atoms with Crippen molar-refractivity contribution in [3.63, 3.8) is 0 Å². The van der Waals surface area contributed by atoms with Crippen molar-refractivity contribution < 1.29 is 25.3 Å². The molecule has 1 aromatic heterocycles. The van der Waals surface area contributed by atoms with Gasteiger partial charge in [-0.15, -0.1) is 12.4 Å². The minimum absolute atomic E-state index is 0. The van der Waals surface area contributed by atoms with E-state index >= 15 is 0 Å². The van der Waals surface area contributed by atoms with Crippen molar-refractivity contribution >= 4 is 30.4 Å². The molecular formula is C14H15ClN2O5. The van der Waals surface area contributed by atoms with Crippen LogP contribution in [0.3, 0.4) is 0 Å². The minimum atomic E-state index is -1.08. The van der Waals surface area contributed by atoms with E-state index in [-0.39, 0.29) is 23.4 Å². The third kappa shape index (κ3) is 5.04. The second-order valence-electron chi connectivity index (χ2n) is 4.13. The summed E-state index contributed by atoms with van der Waals surface area (Å²) in [6.45, 7) is 0.393. The van der Waals surface area contributed by atoms with Gasteiger partial charge in [-0.3, -0.25) is 0 Å². The summed E-state index contributed by atoms with van der Waals surface area (Å²) in [5.74, 6) is -2.13. The number of benzene rings is 1. The number of nitrogens with zero attached hydrogens (tertiary/aromatic N) is 2. The number of aliphatic carboxylic acids is 1. The molecule has 0 saturated carbocycles. The Bertz CT molecular complexity index is 668. The highest BCUT2D eigenvalue weighted by atomic mass is 35.5. The highest BCUT2D eigenvalue weighted by Gasteiger charge is 2.10. The van der Waals surface area contributed by atoms with Crippen LogP contribution in [0.15, 0.2) is 43.0 Å². The van der Waals surface area contributed by atoms with Gasteiger partial charge in [-0.1, -0.05) is 12.1 Å². The number of halogens is 1. The van der Waals surface area contributed by atoms with E-state index in [2.05, 4.69) is 4.98 Å². The molecule has 118 valence electrons. The Kier molecular flexibility index (Phi) is 7.57. The topological polar surface area (TPSA) is 124 Å². The van der Waals surface area contributed by atoms with Gasteiger partial charge in [0.2, 0.25) is 0 Å². The number of carbonyl (C=O) groups is 2. The number of aromatic carboxylic acids is 1. The van der Waals surface area contributed by atoms with Gasteiger partial charge >= 0.3 is 11.9 Å². The van der Waals surface area contributed by atoms with Gasteiger partial charge in [-0.25, -0.2) is 14.6 Å². The molecule has 1 aromatic carbocycles. The molecule has 8 heteroatoms. The zero-order valence-electron chi connectivity index (χ0n) is 11.3. The quantitative estimate of drug-likeness (QED) is 0.802. The van der Waals surface area contributed by atoms with Crippen molar-refractivity contribution in [2.75, 3.05) is 0 Å². The summed E-state index contributed by atoms with van der Waals surface area (Å²) < 4.78 is 1.76. The minimum Gasteiger partial charge on any atom is -0.478 e. The van der Waals surface area contributed by atoms with Gasteiger partial charge in [0.1, 0.15) is 0 Å². The first kappa shape index (κ1) is 19.4. The summed E-state index contributed by atoms with van der Waals surface area (Å²) in [6, 6.07) is 4.80. The summed E-state index contributed by atoms with van der Waals surface area (Å²) in [5, 5.41) is 17.8. The highest BCUT2D eigenvalue weighted by Crippen LogP contribution is 2.15. The third-order valence-corrected chi connectivity index (χ3v) is 2.69. The maximum Gasteiger partial charge on any atom is 0.336 e. The molecule has 0 aliphatic rings. The maximum atomic E-state index is 11.3. The molecule has 2 aromatic rings. The van der Waals surface area contributed by atoms with E-state index in [1.54, 1.807) is 35.4 Å². The Morgan fingerprint density at radius 2 is 2.00 bits per heavy atom. The van der Waals surface area contributed by atoms with E-state index in [0.29, 0.717) is 17.7 Å². The second-order valence-corrected chi connectivity index (χ2v) is 4.13. The van der Waals surface area contributed by atoms with Crippen LogP contribution < -0.4 is 0 Å². The van der Waals surface area contributed by atoms with E-state index < -0.39 is 11.9 Å². The zero-order valence-corrected chi connectivity index (χ0v) is 12.2. The van der Waals surface area contributed by atoms with E-state index in [9.17, 15) is 14.7 Å². The van der Waals surface area contributed by atoms with Crippen molar-refractivity contribution in [1.29, 1.82) is 0 Å². The molecule has 0 spiro atoms. The number of carboxylic acids is 2. The molecule has 0 bridgehead atoms. The van der Waals surface area contributed by atoms with Crippen LogP contribution in [0.5, 0.6) is 0 Å². The molecule has 0 saturated heterocycles. The fraction of sp³-hybridized carbons (Fsp3) is 0.0714. The normalized spacial score (nSPS) is 9.82. The van der Waals surface area contributed by atoms with E-state index in [4.69, 9.17) is 5.11 Å². The smallest absolute Gasteiger partial charge is 0.336 e. The average Bonchev–Trinajstić information content (AvgIpc) is 2.90. The first-order chi connectivity index (χ1) is 9.56. The molecule has 7 nitrogen and oxygen atoms in total. The Labute approximate surface area is 132 Å². The standard InChI is InChI=1S/C14H12N2O4.ClH.H2O/c17-13(18)4-2-10-1-3-11(12(7-10)14(19)20)8-16-6-5-15-9-16;;/h1-7,9H,8H2,(H,17,18)(H,19,20);1H;1H2/b4-2+;;. The molecule has 4 N–H and O–H groups in total. The molecule has 0 unspecified atom stereocenters. The monoisotopic (exact) mass is 326 g/mol. The predicted octanol–water partition coefficient (Wildman–Crippen LogP) is 1.32. The number of hydrogen-bond acceptors (Lipinski definition) is 3. The lowest BCUT2D eigenvalue weighted by atomic mass is 10.0. The number of rotatable bonds is 5. The Hall–Kier alpha value is -2.64. The Balaban J connectivity index is 0.00000220. The SMILES string of the molecule is Cl.O.O=C(O)/C=C/c1ccc(Cn2ccnc2)c(C(=O)O)c1. The number of carboxylic acid groups (broad SMARTS) is 2. The van der Waals surface area contributed by atoms with Crippen LogP contribution >= 0.6 is 12.4 Å². The molecule has 0 fully saturated rings. The third-order valence-electron chi connectivity index (χ3n) is 2.69. The van der Waals surface area contributed by atoms with E-state index in [1.165, 1.54) is 12.1 Å². The fourth-order valence-electron chi connectivity index (χ4n) is 1.78. The van der Waals surface area contributed by atoms with Gasteiger partial charge in [0.05, 0.1) is 11.9 Å². The summed E-state index contributed by atoms with van der Waals surface area (Å²) in [5.41, 5.74) is 1.30. The van der Waals surface area contributed by atoms with Crippen molar-refractivity contribution in [2.24, 2.45) is 0 Å². The molecule has 1 heterocycles. The second kappa shape index (κ2) is 8.60. The largest absolute Gasteiger partial charge is 0.478 e. The first-order valence-electron chi connectivity index (χ1n) is 5.79. The van der Waals surface area contributed by atoms with Gasteiger partial charge in [-0.2, -0.15) is 0 Å². The van der Waals surface area contributed by atoms with Crippen LogP contribution in [-0.4, -0.2) is 37.2 Å². The summed E-state index contributed by atoms with van der Waals surface area (Å²) in [7, 11) is 0. The summed E-state index contributed by atoms with van der Waals surface area (Å²) in [4.78, 5) is 25.6. The van der Waals surface area contributed by atoms with Crippen molar-refractivity contribution in [3.05, 3.63) is 59.7 Å². The van der Waals surface area contributed by atoms with Crippen LogP contribution in [0, 0.1) is 0 Å². The summed E-state index contributed by atoms with van der Waals surface area (Å²) >= 11 is 0. The van der Waals surface area contributed by atoms with E-state index in [0.717, 1.165) is 6.08 Å². The lowest BCUT2D eigenvalue weighted by Gasteiger charge is -2.08. The average molecular weight is 327 g/mol. The van der Waals surface area contributed by atoms with Gasteiger partial charge in [0, 0.05) is 25.0 Å². The van der Waals surface area contributed by atoms with Crippen LogP contribution in [0.2, 0.25) is 0 Å².